The van der Waals surface area contributed by atoms with Gasteiger partial charge in [-0.05, 0) is 31.0 Å². The van der Waals surface area contributed by atoms with Crippen molar-refractivity contribution in [3.63, 3.8) is 0 Å². The molecule has 0 saturated heterocycles. The van der Waals surface area contributed by atoms with Gasteiger partial charge in [0.15, 0.2) is 9.84 Å². The van der Waals surface area contributed by atoms with Crippen molar-refractivity contribution < 1.29 is 16.8 Å². The van der Waals surface area contributed by atoms with Gasteiger partial charge in [-0.3, -0.25) is 0 Å². The maximum absolute atomic E-state index is 12.4. The Hall–Kier alpha value is -1.12. The van der Waals surface area contributed by atoms with E-state index in [0.29, 0.717) is 0 Å². The number of sulfonamides is 1. The Kier molecular flexibility index (Phi) is 4.60. The van der Waals surface area contributed by atoms with Crippen LogP contribution in [0.2, 0.25) is 0 Å². The van der Waals surface area contributed by atoms with Gasteiger partial charge in [-0.25, -0.2) is 21.6 Å². The number of nitrogens with two attached hydrogens (primary N) is 1. The topological polar surface area (TPSA) is 106 Å². The molecule has 0 unspecified atom stereocenters. The normalized spacial score (nSPS) is 17.8. The molecule has 118 valence electrons. The summed E-state index contributed by atoms with van der Waals surface area (Å²) in [5, 5.41) is 0. The van der Waals surface area contributed by atoms with E-state index in [1.54, 1.807) is 0 Å². The highest BCUT2D eigenvalue weighted by Gasteiger charge is 2.25. The summed E-state index contributed by atoms with van der Waals surface area (Å²) in [6.07, 6.45) is 5.72. The van der Waals surface area contributed by atoms with Crippen LogP contribution in [0.25, 0.3) is 0 Å². The molecule has 0 aliphatic heterocycles. The van der Waals surface area contributed by atoms with E-state index in [0.717, 1.165) is 44.4 Å². The molecule has 1 aromatic rings. The van der Waals surface area contributed by atoms with E-state index in [9.17, 15) is 16.8 Å². The average Bonchev–Trinajstić information content (AvgIpc) is 2.38. The van der Waals surface area contributed by atoms with Gasteiger partial charge in [0.1, 0.15) is 4.90 Å². The summed E-state index contributed by atoms with van der Waals surface area (Å²) >= 11 is 0. The number of rotatable bonds is 4. The molecule has 1 aliphatic carbocycles. The Labute approximate surface area is 125 Å². The van der Waals surface area contributed by atoms with Gasteiger partial charge in [0.05, 0.1) is 10.6 Å². The van der Waals surface area contributed by atoms with E-state index in [1.165, 1.54) is 12.1 Å². The highest BCUT2D eigenvalue weighted by molar-refractivity contribution is 7.91. The Morgan fingerprint density at radius 2 is 1.71 bits per heavy atom. The van der Waals surface area contributed by atoms with Crippen LogP contribution in [0.1, 0.15) is 32.1 Å². The van der Waals surface area contributed by atoms with E-state index in [-0.39, 0.29) is 21.5 Å². The predicted octanol–water partition coefficient (Wildman–Crippen LogP) is 1.28. The van der Waals surface area contributed by atoms with Crippen molar-refractivity contribution in [1.29, 1.82) is 0 Å². The molecule has 3 N–H and O–H groups in total. The first-order valence-electron chi connectivity index (χ1n) is 6.82. The first-order valence-corrected chi connectivity index (χ1v) is 10.2. The molecule has 1 fully saturated rings. The fourth-order valence-electron chi connectivity index (χ4n) is 2.48. The van der Waals surface area contributed by atoms with Crippen LogP contribution in [0.3, 0.4) is 0 Å². The third-order valence-electron chi connectivity index (χ3n) is 3.63. The molecule has 0 atom stereocenters. The Morgan fingerprint density at radius 3 is 2.29 bits per heavy atom. The average molecular weight is 332 g/mol. The Balaban J connectivity index is 2.34. The largest absolute Gasteiger partial charge is 0.398 e. The summed E-state index contributed by atoms with van der Waals surface area (Å²) in [4.78, 5) is -0.225. The second kappa shape index (κ2) is 5.94. The van der Waals surface area contributed by atoms with E-state index in [4.69, 9.17) is 5.73 Å². The minimum absolute atomic E-state index is 0.0470. The van der Waals surface area contributed by atoms with Gasteiger partial charge in [0.25, 0.3) is 0 Å². The molecule has 0 heterocycles. The van der Waals surface area contributed by atoms with Crippen LogP contribution in [0, 0.1) is 0 Å². The van der Waals surface area contributed by atoms with Crippen molar-refractivity contribution in [2.24, 2.45) is 0 Å². The van der Waals surface area contributed by atoms with Crippen molar-refractivity contribution in [2.75, 3.05) is 12.0 Å². The van der Waals surface area contributed by atoms with Gasteiger partial charge in [-0.2, -0.15) is 0 Å². The minimum Gasteiger partial charge on any atom is -0.398 e. The standard InChI is InChI=1S/C13H20N2O4S2/c1-20(16,17)11-7-8-12(14)13(9-11)21(18,19)15-10-5-3-2-4-6-10/h7-10,15H,2-6,14H2,1H3. The van der Waals surface area contributed by atoms with Gasteiger partial charge < -0.3 is 5.73 Å². The van der Waals surface area contributed by atoms with Gasteiger partial charge in [0, 0.05) is 12.3 Å². The summed E-state index contributed by atoms with van der Waals surface area (Å²) in [7, 11) is -7.30. The third kappa shape index (κ3) is 3.96. The molecular formula is C13H20N2O4S2. The van der Waals surface area contributed by atoms with Crippen LogP contribution in [-0.4, -0.2) is 29.1 Å². The van der Waals surface area contributed by atoms with Crippen molar-refractivity contribution >= 4 is 25.5 Å². The molecule has 0 radical (unpaired) electrons. The predicted molar refractivity (Wildman–Crippen MR) is 81.2 cm³/mol. The van der Waals surface area contributed by atoms with E-state index in [2.05, 4.69) is 4.72 Å². The molecule has 6 nitrogen and oxygen atoms in total. The lowest BCUT2D eigenvalue weighted by Crippen LogP contribution is -2.36. The Bertz CT molecular complexity index is 721. The smallest absolute Gasteiger partial charge is 0.242 e. The van der Waals surface area contributed by atoms with Crippen LogP contribution >= 0.6 is 0 Å². The zero-order chi connectivity index (χ0) is 15.7. The van der Waals surface area contributed by atoms with Crippen LogP contribution in [0.5, 0.6) is 0 Å². The minimum atomic E-state index is -3.81. The summed E-state index contributed by atoms with van der Waals surface area (Å²) in [5.74, 6) is 0. The number of hydrogen-bond acceptors (Lipinski definition) is 5. The lowest BCUT2D eigenvalue weighted by atomic mass is 9.96. The van der Waals surface area contributed by atoms with Gasteiger partial charge in [-0.1, -0.05) is 19.3 Å². The van der Waals surface area contributed by atoms with E-state index < -0.39 is 19.9 Å². The number of benzene rings is 1. The zero-order valence-corrected chi connectivity index (χ0v) is 13.5. The summed E-state index contributed by atoms with van der Waals surface area (Å²) in [6, 6.07) is 3.64. The van der Waals surface area contributed by atoms with Crippen LogP contribution < -0.4 is 10.5 Å². The summed E-state index contributed by atoms with van der Waals surface area (Å²) < 4.78 is 50.6. The highest BCUT2D eigenvalue weighted by atomic mass is 32.2. The second-order valence-corrected chi connectivity index (χ2v) is 9.13. The first kappa shape index (κ1) is 16.3. The van der Waals surface area contributed by atoms with E-state index >= 15 is 0 Å². The fraction of sp³-hybridized carbons (Fsp3) is 0.538. The SMILES string of the molecule is CS(=O)(=O)c1ccc(N)c(S(=O)(=O)NC2CCCCC2)c1. The molecule has 0 spiro atoms. The molecule has 2 rings (SSSR count). The molecule has 1 aromatic carbocycles. The molecular weight excluding hydrogens is 312 g/mol. The second-order valence-electron chi connectivity index (χ2n) is 5.43. The van der Waals surface area contributed by atoms with Gasteiger partial charge in [-0.15, -0.1) is 0 Å². The first-order chi connectivity index (χ1) is 9.70. The third-order valence-corrected chi connectivity index (χ3v) is 6.32. The molecule has 21 heavy (non-hydrogen) atoms. The van der Waals surface area contributed by atoms with Crippen LogP contribution in [0.15, 0.2) is 28.0 Å². The van der Waals surface area contributed by atoms with Crippen molar-refractivity contribution in [3.05, 3.63) is 18.2 Å². The summed E-state index contributed by atoms with van der Waals surface area (Å²) in [5.41, 5.74) is 5.76. The molecule has 1 saturated carbocycles. The van der Waals surface area contributed by atoms with Crippen LogP contribution in [-0.2, 0) is 19.9 Å². The number of sulfone groups is 1. The van der Waals surface area contributed by atoms with Crippen molar-refractivity contribution in [2.45, 2.75) is 47.9 Å². The molecule has 0 aromatic heterocycles. The lowest BCUT2D eigenvalue weighted by molar-refractivity contribution is 0.412. The molecule has 0 amide bonds. The monoisotopic (exact) mass is 332 g/mol. The van der Waals surface area contributed by atoms with Crippen LogP contribution in [0.4, 0.5) is 5.69 Å². The number of nitrogens with one attached hydrogen (secondary N) is 1. The maximum Gasteiger partial charge on any atom is 0.242 e. The van der Waals surface area contributed by atoms with Gasteiger partial charge >= 0.3 is 0 Å². The maximum atomic E-state index is 12.4. The number of hydrogen-bond donors (Lipinski definition) is 2. The lowest BCUT2D eigenvalue weighted by Gasteiger charge is -2.23. The molecule has 1 aliphatic rings. The van der Waals surface area contributed by atoms with Crippen molar-refractivity contribution in [1.82, 2.24) is 4.72 Å². The highest BCUT2D eigenvalue weighted by Crippen LogP contribution is 2.25. The number of anilines is 1. The molecule has 8 heteroatoms. The van der Waals surface area contributed by atoms with E-state index in [1.807, 2.05) is 0 Å². The van der Waals surface area contributed by atoms with Crippen molar-refractivity contribution in [3.8, 4) is 0 Å². The summed E-state index contributed by atoms with van der Waals surface area (Å²) in [6.45, 7) is 0. The zero-order valence-electron chi connectivity index (χ0n) is 11.9. The quantitative estimate of drug-likeness (QED) is 0.808. The van der Waals surface area contributed by atoms with Gasteiger partial charge in [0.2, 0.25) is 10.0 Å². The molecule has 0 bridgehead atoms. The fourth-order valence-corrected chi connectivity index (χ4v) is 4.67. The Morgan fingerprint density at radius 1 is 1.10 bits per heavy atom. The number of nitrogen functional groups attached to an aromatic ring is 1.